The average molecular weight is 234 g/mol. The molecular formula is C12H18N4O. The van der Waals surface area contributed by atoms with E-state index in [0.29, 0.717) is 18.4 Å². The van der Waals surface area contributed by atoms with Crippen molar-refractivity contribution in [3.05, 3.63) is 18.2 Å². The van der Waals surface area contributed by atoms with Crippen molar-refractivity contribution in [3.63, 3.8) is 0 Å². The summed E-state index contributed by atoms with van der Waals surface area (Å²) in [6, 6.07) is 0.0605. The van der Waals surface area contributed by atoms with Crippen LogP contribution in [-0.4, -0.2) is 21.9 Å². The molecule has 17 heavy (non-hydrogen) atoms. The van der Waals surface area contributed by atoms with Gasteiger partial charge in [0.05, 0.1) is 12.5 Å². The molecule has 3 rings (SSSR count). The Hall–Kier alpha value is -1.36. The highest BCUT2D eigenvalue weighted by atomic mass is 16.1. The quantitative estimate of drug-likeness (QED) is 0.707. The molecule has 0 radical (unpaired) electrons. The van der Waals surface area contributed by atoms with E-state index in [1.54, 1.807) is 12.4 Å². The number of aromatic nitrogens is 2. The average Bonchev–Trinajstić information content (AvgIpc) is 3.02. The van der Waals surface area contributed by atoms with E-state index < -0.39 is 0 Å². The van der Waals surface area contributed by atoms with Crippen LogP contribution in [0.5, 0.6) is 0 Å². The molecule has 0 saturated heterocycles. The highest BCUT2D eigenvalue weighted by molar-refractivity contribution is 5.80. The maximum Gasteiger partial charge on any atom is 0.225 e. The standard InChI is InChI=1S/C12H18N4O/c13-11-8-2-1-7(5-8)10(11)12(17)16-6-9-14-3-4-15-9/h3-4,7-8,10-11H,1-2,5-6,13H2,(H,14,15)(H,16,17). The molecule has 0 aliphatic heterocycles. The Kier molecular flexibility index (Phi) is 2.63. The summed E-state index contributed by atoms with van der Waals surface area (Å²) < 4.78 is 0. The number of nitrogens with one attached hydrogen (secondary N) is 2. The van der Waals surface area contributed by atoms with Gasteiger partial charge in [-0.05, 0) is 31.1 Å². The van der Waals surface area contributed by atoms with Gasteiger partial charge in [0.2, 0.25) is 5.91 Å². The predicted molar refractivity (Wildman–Crippen MR) is 62.7 cm³/mol. The van der Waals surface area contributed by atoms with Crippen molar-refractivity contribution in [2.45, 2.75) is 31.8 Å². The molecule has 4 N–H and O–H groups in total. The second kappa shape index (κ2) is 4.14. The Labute approximate surface area is 100 Å². The molecule has 1 heterocycles. The number of H-pyrrole nitrogens is 1. The number of aromatic amines is 1. The number of hydrogen-bond acceptors (Lipinski definition) is 3. The van der Waals surface area contributed by atoms with Crippen LogP contribution in [0.15, 0.2) is 12.4 Å². The monoisotopic (exact) mass is 234 g/mol. The summed E-state index contributed by atoms with van der Waals surface area (Å²) >= 11 is 0. The van der Waals surface area contributed by atoms with E-state index in [1.807, 2.05) is 0 Å². The third-order valence-corrected chi connectivity index (χ3v) is 4.27. The second-order valence-corrected chi connectivity index (χ2v) is 5.19. The van der Waals surface area contributed by atoms with Crippen molar-refractivity contribution < 1.29 is 4.79 Å². The van der Waals surface area contributed by atoms with E-state index in [9.17, 15) is 4.79 Å². The van der Waals surface area contributed by atoms with Crippen LogP contribution in [0.25, 0.3) is 0 Å². The van der Waals surface area contributed by atoms with Gasteiger partial charge in [-0.3, -0.25) is 4.79 Å². The lowest BCUT2D eigenvalue weighted by Crippen LogP contribution is -2.45. The van der Waals surface area contributed by atoms with Gasteiger partial charge in [-0.15, -0.1) is 0 Å². The van der Waals surface area contributed by atoms with Crippen LogP contribution in [-0.2, 0) is 11.3 Å². The molecule has 5 nitrogen and oxygen atoms in total. The minimum absolute atomic E-state index is 0.0173. The Morgan fingerprint density at radius 2 is 2.35 bits per heavy atom. The molecule has 2 aliphatic carbocycles. The van der Waals surface area contributed by atoms with Crippen molar-refractivity contribution in [1.29, 1.82) is 0 Å². The van der Waals surface area contributed by atoms with E-state index in [1.165, 1.54) is 6.42 Å². The molecule has 2 bridgehead atoms. The van der Waals surface area contributed by atoms with Crippen LogP contribution in [0.1, 0.15) is 25.1 Å². The maximum absolute atomic E-state index is 12.1. The van der Waals surface area contributed by atoms with Gasteiger partial charge in [0, 0.05) is 18.4 Å². The molecule has 5 heteroatoms. The highest BCUT2D eigenvalue weighted by Gasteiger charge is 2.48. The Morgan fingerprint density at radius 1 is 1.53 bits per heavy atom. The van der Waals surface area contributed by atoms with Gasteiger partial charge in [0.1, 0.15) is 5.82 Å². The van der Waals surface area contributed by atoms with Crippen molar-refractivity contribution in [2.75, 3.05) is 0 Å². The van der Waals surface area contributed by atoms with E-state index in [-0.39, 0.29) is 17.9 Å². The summed E-state index contributed by atoms with van der Waals surface area (Å²) in [7, 11) is 0. The molecule has 2 aliphatic rings. The first-order valence-corrected chi connectivity index (χ1v) is 6.27. The Morgan fingerprint density at radius 3 is 3.00 bits per heavy atom. The van der Waals surface area contributed by atoms with Gasteiger partial charge in [0.15, 0.2) is 0 Å². The van der Waals surface area contributed by atoms with Gasteiger partial charge < -0.3 is 16.0 Å². The molecule has 0 spiro atoms. The number of fused-ring (bicyclic) bond motifs is 2. The summed E-state index contributed by atoms with van der Waals surface area (Å²) in [5.74, 6) is 1.98. The molecule has 4 atom stereocenters. The summed E-state index contributed by atoms with van der Waals surface area (Å²) in [5.41, 5.74) is 6.13. The minimum Gasteiger partial charge on any atom is -0.349 e. The van der Waals surface area contributed by atoms with Crippen LogP contribution in [0.2, 0.25) is 0 Å². The number of nitrogens with zero attached hydrogens (tertiary/aromatic N) is 1. The number of carbonyl (C=O) groups excluding carboxylic acids is 1. The molecular weight excluding hydrogens is 216 g/mol. The molecule has 1 aromatic rings. The zero-order valence-electron chi connectivity index (χ0n) is 9.73. The zero-order valence-corrected chi connectivity index (χ0v) is 9.73. The molecule has 0 aromatic carbocycles. The van der Waals surface area contributed by atoms with Gasteiger partial charge in [-0.25, -0.2) is 4.98 Å². The number of amides is 1. The number of nitrogens with two attached hydrogens (primary N) is 1. The molecule has 2 fully saturated rings. The van der Waals surface area contributed by atoms with Gasteiger partial charge >= 0.3 is 0 Å². The lowest BCUT2D eigenvalue weighted by Gasteiger charge is -2.26. The molecule has 4 unspecified atom stereocenters. The molecule has 1 amide bonds. The second-order valence-electron chi connectivity index (χ2n) is 5.19. The van der Waals surface area contributed by atoms with Crippen LogP contribution >= 0.6 is 0 Å². The van der Waals surface area contributed by atoms with Gasteiger partial charge in [0.25, 0.3) is 0 Å². The smallest absolute Gasteiger partial charge is 0.225 e. The SMILES string of the molecule is NC1C2CCC(C2)C1C(=O)NCc1ncc[nH]1. The fourth-order valence-corrected chi connectivity index (χ4v) is 3.41. The summed E-state index contributed by atoms with van der Waals surface area (Å²) in [5, 5.41) is 2.93. The summed E-state index contributed by atoms with van der Waals surface area (Å²) in [6.07, 6.45) is 6.94. The van der Waals surface area contributed by atoms with Gasteiger partial charge in [-0.2, -0.15) is 0 Å². The highest BCUT2D eigenvalue weighted by Crippen LogP contribution is 2.47. The number of carbonyl (C=O) groups is 1. The van der Waals surface area contributed by atoms with Crippen molar-refractivity contribution in [2.24, 2.45) is 23.5 Å². The minimum atomic E-state index is 0.0173. The fraction of sp³-hybridized carbons (Fsp3) is 0.667. The van der Waals surface area contributed by atoms with E-state index in [0.717, 1.165) is 18.7 Å². The van der Waals surface area contributed by atoms with Crippen LogP contribution in [0.3, 0.4) is 0 Å². The number of rotatable bonds is 3. The lowest BCUT2D eigenvalue weighted by atomic mass is 9.84. The molecule has 1 aromatic heterocycles. The summed E-state index contributed by atoms with van der Waals surface area (Å²) in [4.78, 5) is 19.2. The third kappa shape index (κ3) is 1.84. The lowest BCUT2D eigenvalue weighted by molar-refractivity contribution is -0.127. The largest absolute Gasteiger partial charge is 0.349 e. The summed E-state index contributed by atoms with van der Waals surface area (Å²) in [6.45, 7) is 0.465. The third-order valence-electron chi connectivity index (χ3n) is 4.27. The first-order chi connectivity index (χ1) is 8.25. The zero-order chi connectivity index (χ0) is 11.8. The first kappa shape index (κ1) is 10.8. The van der Waals surface area contributed by atoms with E-state index in [2.05, 4.69) is 15.3 Å². The Bertz CT molecular complexity index is 401. The number of imidazole rings is 1. The first-order valence-electron chi connectivity index (χ1n) is 6.27. The number of hydrogen-bond donors (Lipinski definition) is 3. The molecule has 92 valence electrons. The van der Waals surface area contributed by atoms with Crippen LogP contribution < -0.4 is 11.1 Å². The maximum atomic E-state index is 12.1. The van der Waals surface area contributed by atoms with Crippen molar-refractivity contribution in [1.82, 2.24) is 15.3 Å². The predicted octanol–water partition coefficient (Wildman–Crippen LogP) is 0.399. The Balaban J connectivity index is 1.59. The van der Waals surface area contributed by atoms with Crippen molar-refractivity contribution in [3.8, 4) is 0 Å². The van der Waals surface area contributed by atoms with Gasteiger partial charge in [-0.1, -0.05) is 0 Å². The van der Waals surface area contributed by atoms with Crippen molar-refractivity contribution >= 4 is 5.91 Å². The van der Waals surface area contributed by atoms with Crippen LogP contribution in [0.4, 0.5) is 0 Å². The normalized spacial score (nSPS) is 35.1. The fourth-order valence-electron chi connectivity index (χ4n) is 3.41. The molecule has 2 saturated carbocycles. The van der Waals surface area contributed by atoms with E-state index >= 15 is 0 Å². The topological polar surface area (TPSA) is 83.8 Å². The van der Waals surface area contributed by atoms with E-state index in [4.69, 9.17) is 5.73 Å². The van der Waals surface area contributed by atoms with Crippen LogP contribution in [0, 0.1) is 17.8 Å².